The number of aryl methyl sites for hydroxylation is 2. The van der Waals surface area contributed by atoms with Crippen LogP contribution in [-0.4, -0.2) is 10.2 Å². The third-order valence-electron chi connectivity index (χ3n) is 2.17. The van der Waals surface area contributed by atoms with Gasteiger partial charge in [0.2, 0.25) is 0 Å². The molecule has 1 aromatic carbocycles. The minimum absolute atomic E-state index is 0.192. The van der Waals surface area contributed by atoms with Crippen LogP contribution in [0.2, 0.25) is 0 Å². The van der Waals surface area contributed by atoms with E-state index < -0.39 is 0 Å². The molecule has 0 atom stereocenters. The van der Waals surface area contributed by atoms with Crippen molar-refractivity contribution in [3.8, 4) is 11.3 Å². The van der Waals surface area contributed by atoms with Crippen molar-refractivity contribution in [2.45, 2.75) is 27.7 Å². The van der Waals surface area contributed by atoms with E-state index in [1.54, 1.807) is 13.0 Å². The second-order valence-corrected chi connectivity index (χ2v) is 3.40. The number of hydrogen-bond acceptors (Lipinski definition) is 1. The van der Waals surface area contributed by atoms with Gasteiger partial charge in [0.1, 0.15) is 5.82 Å². The Labute approximate surface area is 95.5 Å². The Kier molecular flexibility index (Phi) is 4.23. The number of hydrogen-bond donors (Lipinski definition) is 1. The number of nitrogens with zero attached hydrogens (tertiary/aromatic N) is 1. The third-order valence-corrected chi connectivity index (χ3v) is 2.17. The van der Waals surface area contributed by atoms with Crippen LogP contribution >= 0.6 is 0 Å². The lowest BCUT2D eigenvalue weighted by atomic mass is 10.1. The zero-order valence-electron chi connectivity index (χ0n) is 10.1. The van der Waals surface area contributed by atoms with Gasteiger partial charge in [0.15, 0.2) is 0 Å². The molecule has 0 saturated heterocycles. The normalized spacial score (nSPS) is 9.56. The predicted molar refractivity (Wildman–Crippen MR) is 64.8 cm³/mol. The van der Waals surface area contributed by atoms with Gasteiger partial charge < -0.3 is 0 Å². The Morgan fingerprint density at radius 2 is 1.81 bits per heavy atom. The van der Waals surface area contributed by atoms with Gasteiger partial charge in [-0.05, 0) is 31.5 Å². The van der Waals surface area contributed by atoms with Crippen molar-refractivity contribution in [1.29, 1.82) is 0 Å². The maximum absolute atomic E-state index is 13.2. The molecule has 0 saturated carbocycles. The molecular formula is C13H17FN2. The van der Waals surface area contributed by atoms with Gasteiger partial charge in [0.25, 0.3) is 0 Å². The van der Waals surface area contributed by atoms with Crippen LogP contribution in [0.15, 0.2) is 24.3 Å². The lowest BCUT2D eigenvalue weighted by molar-refractivity contribution is 0.619. The minimum atomic E-state index is -0.192. The molecule has 86 valence electrons. The second kappa shape index (κ2) is 5.45. The van der Waals surface area contributed by atoms with E-state index in [-0.39, 0.29) is 5.82 Å². The minimum Gasteiger partial charge on any atom is -0.282 e. The van der Waals surface area contributed by atoms with E-state index in [1.807, 2.05) is 32.9 Å². The monoisotopic (exact) mass is 220 g/mol. The molecule has 1 heterocycles. The Morgan fingerprint density at radius 3 is 2.31 bits per heavy atom. The SMILES string of the molecule is CC.Cc1cc(-c2ccc(C)c(F)c2)n[nH]1. The van der Waals surface area contributed by atoms with E-state index in [0.717, 1.165) is 17.0 Å². The highest BCUT2D eigenvalue weighted by Gasteiger charge is 2.04. The van der Waals surface area contributed by atoms with Crippen molar-refractivity contribution >= 4 is 0 Å². The van der Waals surface area contributed by atoms with Crippen LogP contribution in [-0.2, 0) is 0 Å². The Bertz CT molecular complexity index is 461. The molecule has 0 aliphatic heterocycles. The molecule has 2 rings (SSSR count). The molecule has 0 spiro atoms. The van der Waals surface area contributed by atoms with Crippen molar-refractivity contribution in [3.63, 3.8) is 0 Å². The van der Waals surface area contributed by atoms with E-state index in [4.69, 9.17) is 0 Å². The zero-order valence-corrected chi connectivity index (χ0v) is 10.1. The van der Waals surface area contributed by atoms with Crippen molar-refractivity contribution in [1.82, 2.24) is 10.2 Å². The largest absolute Gasteiger partial charge is 0.282 e. The topological polar surface area (TPSA) is 28.7 Å². The molecule has 1 aromatic heterocycles. The quantitative estimate of drug-likeness (QED) is 0.776. The van der Waals surface area contributed by atoms with Gasteiger partial charge in [-0.1, -0.05) is 26.0 Å². The lowest BCUT2D eigenvalue weighted by Crippen LogP contribution is -1.84. The molecule has 0 unspecified atom stereocenters. The van der Waals surface area contributed by atoms with Crippen LogP contribution in [0.3, 0.4) is 0 Å². The maximum atomic E-state index is 13.2. The molecule has 0 amide bonds. The summed E-state index contributed by atoms with van der Waals surface area (Å²) in [6.45, 7) is 7.66. The Morgan fingerprint density at radius 1 is 1.12 bits per heavy atom. The summed E-state index contributed by atoms with van der Waals surface area (Å²) in [6.07, 6.45) is 0. The summed E-state index contributed by atoms with van der Waals surface area (Å²) in [7, 11) is 0. The third kappa shape index (κ3) is 2.69. The van der Waals surface area contributed by atoms with Crippen LogP contribution in [0.25, 0.3) is 11.3 Å². The number of aromatic amines is 1. The second-order valence-electron chi connectivity index (χ2n) is 3.40. The molecule has 2 nitrogen and oxygen atoms in total. The van der Waals surface area contributed by atoms with Gasteiger partial charge in [-0.2, -0.15) is 5.10 Å². The average molecular weight is 220 g/mol. The highest BCUT2D eigenvalue weighted by atomic mass is 19.1. The molecule has 16 heavy (non-hydrogen) atoms. The molecule has 1 N–H and O–H groups in total. The summed E-state index contributed by atoms with van der Waals surface area (Å²) in [5.74, 6) is -0.192. The van der Waals surface area contributed by atoms with Crippen molar-refractivity contribution in [3.05, 3.63) is 41.3 Å². The molecular weight excluding hydrogens is 203 g/mol. The fraction of sp³-hybridized carbons (Fsp3) is 0.308. The number of nitrogens with one attached hydrogen (secondary N) is 1. The summed E-state index contributed by atoms with van der Waals surface area (Å²) in [6, 6.07) is 7.03. The molecule has 0 aliphatic carbocycles. The fourth-order valence-corrected chi connectivity index (χ4v) is 1.32. The summed E-state index contributed by atoms with van der Waals surface area (Å²) in [5, 5.41) is 6.89. The van der Waals surface area contributed by atoms with Crippen molar-refractivity contribution < 1.29 is 4.39 Å². The van der Waals surface area contributed by atoms with Crippen LogP contribution in [0.4, 0.5) is 4.39 Å². The zero-order chi connectivity index (χ0) is 12.1. The van der Waals surface area contributed by atoms with E-state index in [0.29, 0.717) is 5.56 Å². The molecule has 3 heteroatoms. The first kappa shape index (κ1) is 12.4. The molecule has 0 radical (unpaired) electrons. The van der Waals surface area contributed by atoms with E-state index >= 15 is 0 Å². The summed E-state index contributed by atoms with van der Waals surface area (Å²) >= 11 is 0. The number of rotatable bonds is 1. The fourth-order valence-electron chi connectivity index (χ4n) is 1.32. The van der Waals surface area contributed by atoms with Gasteiger partial charge in [-0.15, -0.1) is 0 Å². The van der Waals surface area contributed by atoms with Crippen LogP contribution < -0.4 is 0 Å². The van der Waals surface area contributed by atoms with Crippen molar-refractivity contribution in [2.75, 3.05) is 0 Å². The van der Waals surface area contributed by atoms with E-state index in [1.165, 1.54) is 6.07 Å². The number of aromatic nitrogens is 2. The average Bonchev–Trinajstić information content (AvgIpc) is 2.72. The van der Waals surface area contributed by atoms with Gasteiger partial charge in [0, 0.05) is 11.3 Å². The first-order valence-corrected chi connectivity index (χ1v) is 5.45. The number of H-pyrrole nitrogens is 1. The van der Waals surface area contributed by atoms with Gasteiger partial charge in [-0.25, -0.2) is 4.39 Å². The van der Waals surface area contributed by atoms with Crippen LogP contribution in [0.5, 0.6) is 0 Å². The first-order valence-electron chi connectivity index (χ1n) is 5.45. The number of halogens is 1. The van der Waals surface area contributed by atoms with E-state index in [9.17, 15) is 4.39 Å². The highest BCUT2D eigenvalue weighted by molar-refractivity contribution is 5.59. The van der Waals surface area contributed by atoms with Crippen molar-refractivity contribution in [2.24, 2.45) is 0 Å². The van der Waals surface area contributed by atoms with Gasteiger partial charge in [-0.3, -0.25) is 5.10 Å². The summed E-state index contributed by atoms with van der Waals surface area (Å²) in [5.41, 5.74) is 3.21. The smallest absolute Gasteiger partial charge is 0.126 e. The Balaban J connectivity index is 0.000000606. The molecule has 0 fully saturated rings. The maximum Gasteiger partial charge on any atom is 0.126 e. The van der Waals surface area contributed by atoms with Crippen LogP contribution in [0.1, 0.15) is 25.1 Å². The molecule has 0 bridgehead atoms. The predicted octanol–water partition coefficient (Wildman–Crippen LogP) is 3.86. The van der Waals surface area contributed by atoms with Gasteiger partial charge in [0.05, 0.1) is 5.69 Å². The van der Waals surface area contributed by atoms with Gasteiger partial charge >= 0.3 is 0 Å². The summed E-state index contributed by atoms with van der Waals surface area (Å²) < 4.78 is 13.2. The standard InChI is InChI=1S/C11H11FN2.C2H6/c1-7-3-4-9(6-10(7)12)11-5-8(2)13-14-11;1-2/h3-6H,1-2H3,(H,13,14);1-2H3. The number of benzene rings is 1. The summed E-state index contributed by atoms with van der Waals surface area (Å²) in [4.78, 5) is 0. The van der Waals surface area contributed by atoms with Crippen LogP contribution in [0, 0.1) is 19.7 Å². The molecule has 2 aromatic rings. The lowest BCUT2D eigenvalue weighted by Gasteiger charge is -1.98. The van der Waals surface area contributed by atoms with E-state index in [2.05, 4.69) is 10.2 Å². The Hall–Kier alpha value is -1.64. The highest BCUT2D eigenvalue weighted by Crippen LogP contribution is 2.19. The molecule has 0 aliphatic rings. The first-order chi connectivity index (χ1) is 7.66.